The molecule has 1 atom stereocenters. The third-order valence-corrected chi connectivity index (χ3v) is 1.95. The summed E-state index contributed by atoms with van der Waals surface area (Å²) in [6.45, 7) is 0. The van der Waals surface area contributed by atoms with Gasteiger partial charge in [-0.15, -0.1) is 0 Å². The van der Waals surface area contributed by atoms with Crippen molar-refractivity contribution in [1.29, 1.82) is 0 Å². The first kappa shape index (κ1) is 11.3. The average Bonchev–Trinajstić information content (AvgIpc) is 2.18. The molecule has 0 spiro atoms. The van der Waals surface area contributed by atoms with Crippen molar-refractivity contribution in [2.75, 3.05) is 0 Å². The van der Waals surface area contributed by atoms with Gasteiger partial charge in [0.1, 0.15) is 0 Å². The summed E-state index contributed by atoms with van der Waals surface area (Å²) in [6.07, 6.45) is 0. The van der Waals surface area contributed by atoms with Gasteiger partial charge in [0.15, 0.2) is 0 Å². The number of ketones is 1. The van der Waals surface area contributed by atoms with Crippen LogP contribution in [0.1, 0.15) is 11.6 Å². The van der Waals surface area contributed by atoms with Gasteiger partial charge in [0, 0.05) is 10.5 Å². The minimum absolute atomic E-state index is 0.140. The Morgan fingerprint density at radius 1 is 1.27 bits per heavy atom. The highest BCUT2D eigenvalue weighted by molar-refractivity contribution is 6.81. The van der Waals surface area contributed by atoms with Gasteiger partial charge in [0.25, 0.3) is 11.0 Å². The van der Waals surface area contributed by atoms with Crippen molar-refractivity contribution < 1.29 is 14.5 Å². The fraction of sp³-hybridized carbons (Fsp3) is 0.111. The van der Waals surface area contributed by atoms with Crippen molar-refractivity contribution in [3.8, 4) is 0 Å². The summed E-state index contributed by atoms with van der Waals surface area (Å²) < 4.78 is 0. The molecular formula is C9H6ClNO4. The zero-order valence-electron chi connectivity index (χ0n) is 7.42. The van der Waals surface area contributed by atoms with Crippen molar-refractivity contribution in [3.05, 3.63) is 46.0 Å². The molecule has 0 fully saturated rings. The van der Waals surface area contributed by atoms with Gasteiger partial charge in [-0.05, 0) is 11.6 Å². The topological polar surface area (TPSA) is 77.3 Å². The zero-order chi connectivity index (χ0) is 11.4. The van der Waals surface area contributed by atoms with Crippen LogP contribution in [0, 0.1) is 10.1 Å². The van der Waals surface area contributed by atoms with Crippen LogP contribution >= 0.6 is 11.6 Å². The molecule has 0 radical (unpaired) electrons. The Labute approximate surface area is 89.8 Å². The van der Waals surface area contributed by atoms with Crippen LogP contribution in [-0.2, 0) is 9.59 Å². The van der Waals surface area contributed by atoms with Gasteiger partial charge in [0.05, 0.1) is 0 Å². The third-order valence-electron chi connectivity index (χ3n) is 1.77. The van der Waals surface area contributed by atoms with E-state index in [9.17, 15) is 19.7 Å². The molecule has 5 nitrogen and oxygen atoms in total. The van der Waals surface area contributed by atoms with Crippen LogP contribution < -0.4 is 0 Å². The number of carbonyl (C=O) groups is 2. The molecule has 1 aromatic rings. The number of hydrogen-bond donors (Lipinski definition) is 0. The van der Waals surface area contributed by atoms with Crippen LogP contribution in [0.25, 0.3) is 0 Å². The van der Waals surface area contributed by atoms with Crippen molar-refractivity contribution in [1.82, 2.24) is 0 Å². The summed E-state index contributed by atoms with van der Waals surface area (Å²) in [7, 11) is 0. The van der Waals surface area contributed by atoms with Gasteiger partial charge >= 0.3 is 6.04 Å². The number of nitrogens with zero attached hydrogens (tertiary/aromatic N) is 1. The number of carbonyl (C=O) groups excluding carboxylic acids is 2. The fourth-order valence-electron chi connectivity index (χ4n) is 1.11. The molecule has 0 heterocycles. The molecule has 0 N–H and O–H groups in total. The Balaban J connectivity index is 3.10. The van der Waals surface area contributed by atoms with Crippen LogP contribution in [0.15, 0.2) is 30.3 Å². The van der Waals surface area contributed by atoms with E-state index in [4.69, 9.17) is 11.6 Å². The van der Waals surface area contributed by atoms with Crippen molar-refractivity contribution in [3.63, 3.8) is 0 Å². The van der Waals surface area contributed by atoms with Gasteiger partial charge in [-0.2, -0.15) is 0 Å². The van der Waals surface area contributed by atoms with Crippen LogP contribution in [-0.4, -0.2) is 15.9 Å². The molecular weight excluding hydrogens is 222 g/mol. The first-order valence-electron chi connectivity index (χ1n) is 3.96. The van der Waals surface area contributed by atoms with E-state index in [1.807, 2.05) is 0 Å². The maximum Gasteiger partial charge on any atom is 0.304 e. The van der Waals surface area contributed by atoms with E-state index < -0.39 is 22.0 Å². The second-order valence-electron chi connectivity index (χ2n) is 2.74. The van der Waals surface area contributed by atoms with Crippen molar-refractivity contribution in [2.45, 2.75) is 6.04 Å². The number of Topliss-reactive ketones (excluding diaryl/α,β-unsaturated/α-hetero) is 1. The summed E-state index contributed by atoms with van der Waals surface area (Å²) in [5.74, 6) is -1.23. The van der Waals surface area contributed by atoms with Gasteiger partial charge in [-0.3, -0.25) is 19.7 Å². The maximum absolute atomic E-state index is 11.2. The molecule has 0 aliphatic rings. The second kappa shape index (κ2) is 4.65. The Morgan fingerprint density at radius 2 is 1.80 bits per heavy atom. The average molecular weight is 228 g/mol. The Hall–Kier alpha value is -1.75. The monoisotopic (exact) mass is 227 g/mol. The first-order valence-corrected chi connectivity index (χ1v) is 4.34. The van der Waals surface area contributed by atoms with Gasteiger partial charge < -0.3 is 0 Å². The van der Waals surface area contributed by atoms with Gasteiger partial charge in [-0.25, -0.2) is 0 Å². The standard InChI is InChI=1S/C9H6ClNO4/c10-9(13)8(12)7(11(14)15)6-4-2-1-3-5-6/h1-5,7H. The fourth-order valence-corrected chi connectivity index (χ4v) is 1.21. The summed E-state index contributed by atoms with van der Waals surface area (Å²) in [5, 5.41) is 9.29. The van der Waals surface area contributed by atoms with E-state index >= 15 is 0 Å². The molecule has 0 aliphatic carbocycles. The lowest BCUT2D eigenvalue weighted by Crippen LogP contribution is -2.25. The Morgan fingerprint density at radius 3 is 2.20 bits per heavy atom. The van der Waals surface area contributed by atoms with E-state index in [2.05, 4.69) is 0 Å². The lowest BCUT2D eigenvalue weighted by Gasteiger charge is -2.05. The molecule has 0 bridgehead atoms. The van der Waals surface area contributed by atoms with E-state index in [1.54, 1.807) is 6.07 Å². The summed E-state index contributed by atoms with van der Waals surface area (Å²) in [5.41, 5.74) is 0.140. The predicted octanol–water partition coefficient (Wildman–Crippen LogP) is 1.34. The van der Waals surface area contributed by atoms with E-state index in [0.29, 0.717) is 0 Å². The largest absolute Gasteiger partial charge is 0.304 e. The molecule has 0 amide bonds. The molecule has 78 valence electrons. The van der Waals surface area contributed by atoms with Crippen molar-refractivity contribution in [2.24, 2.45) is 0 Å². The van der Waals surface area contributed by atoms with Crippen LogP contribution in [0.2, 0.25) is 0 Å². The normalized spacial score (nSPS) is 11.8. The lowest BCUT2D eigenvalue weighted by atomic mass is 10.0. The number of halogens is 1. The highest BCUT2D eigenvalue weighted by Crippen LogP contribution is 2.18. The minimum Gasteiger partial charge on any atom is -0.281 e. The highest BCUT2D eigenvalue weighted by atomic mass is 35.5. The summed E-state index contributed by atoms with van der Waals surface area (Å²) in [6, 6.07) is 5.80. The van der Waals surface area contributed by atoms with Crippen molar-refractivity contribution >= 4 is 22.6 Å². The highest BCUT2D eigenvalue weighted by Gasteiger charge is 2.35. The van der Waals surface area contributed by atoms with Gasteiger partial charge in [0.2, 0.25) is 0 Å². The molecule has 0 saturated carbocycles. The molecule has 0 aromatic heterocycles. The molecule has 1 unspecified atom stereocenters. The Bertz CT molecular complexity index is 404. The minimum atomic E-state index is -1.71. The number of nitro groups is 1. The number of benzene rings is 1. The summed E-state index contributed by atoms with van der Waals surface area (Å²) in [4.78, 5) is 31.5. The smallest absolute Gasteiger partial charge is 0.281 e. The zero-order valence-corrected chi connectivity index (χ0v) is 8.18. The quantitative estimate of drug-likeness (QED) is 0.337. The molecule has 0 saturated heterocycles. The SMILES string of the molecule is O=C(Cl)C(=O)C(c1ccccc1)[N+](=O)[O-]. The molecule has 6 heteroatoms. The Kier molecular flexibility index (Phi) is 3.51. The second-order valence-corrected chi connectivity index (χ2v) is 3.08. The van der Waals surface area contributed by atoms with E-state index in [1.165, 1.54) is 24.3 Å². The van der Waals surface area contributed by atoms with E-state index in [0.717, 1.165) is 0 Å². The number of hydrogen-bond acceptors (Lipinski definition) is 4. The molecule has 1 aromatic carbocycles. The first-order chi connectivity index (χ1) is 7.04. The lowest BCUT2D eigenvalue weighted by molar-refractivity contribution is -0.512. The van der Waals surface area contributed by atoms with Crippen LogP contribution in [0.4, 0.5) is 0 Å². The van der Waals surface area contributed by atoms with Crippen LogP contribution in [0.5, 0.6) is 0 Å². The predicted molar refractivity (Wildman–Crippen MR) is 52.0 cm³/mol. The molecule has 0 aliphatic heterocycles. The number of rotatable bonds is 4. The van der Waals surface area contributed by atoms with Crippen LogP contribution in [0.3, 0.4) is 0 Å². The summed E-state index contributed by atoms with van der Waals surface area (Å²) >= 11 is 4.92. The third kappa shape index (κ3) is 2.60. The molecule has 1 rings (SSSR count). The van der Waals surface area contributed by atoms with E-state index in [-0.39, 0.29) is 5.56 Å². The van der Waals surface area contributed by atoms with Gasteiger partial charge in [-0.1, -0.05) is 30.3 Å². The molecule has 15 heavy (non-hydrogen) atoms. The maximum atomic E-state index is 11.2.